The van der Waals surface area contributed by atoms with E-state index in [0.29, 0.717) is 5.75 Å². The molecule has 0 amide bonds. The minimum absolute atomic E-state index is 0.400. The van der Waals surface area contributed by atoms with Crippen LogP contribution in [0.2, 0.25) is 0 Å². The first-order valence-electron chi connectivity index (χ1n) is 4.52. The minimum Gasteiger partial charge on any atom is -0.508 e. The van der Waals surface area contributed by atoms with Gasteiger partial charge in [0.1, 0.15) is 5.75 Å². The molecule has 0 spiro atoms. The maximum atomic E-state index is 9.57. The largest absolute Gasteiger partial charge is 0.508 e. The SMILES string of the molecule is CC(C)=CCc1c(C)cccc1O. The molecular weight excluding hydrogens is 160 g/mol. The molecule has 1 aromatic rings. The van der Waals surface area contributed by atoms with Crippen LogP contribution in [-0.4, -0.2) is 5.11 Å². The van der Waals surface area contributed by atoms with Gasteiger partial charge in [-0.15, -0.1) is 0 Å². The van der Waals surface area contributed by atoms with Crippen molar-refractivity contribution in [2.45, 2.75) is 27.2 Å². The molecule has 0 atom stereocenters. The van der Waals surface area contributed by atoms with Gasteiger partial charge in [0.2, 0.25) is 0 Å². The number of phenols is 1. The Kier molecular flexibility index (Phi) is 3.13. The van der Waals surface area contributed by atoms with Crippen LogP contribution >= 0.6 is 0 Å². The number of hydrogen-bond donors (Lipinski definition) is 1. The van der Waals surface area contributed by atoms with Crippen LogP contribution in [0.5, 0.6) is 5.75 Å². The Balaban J connectivity index is 2.94. The lowest BCUT2D eigenvalue weighted by Crippen LogP contribution is -1.87. The third-order valence-electron chi connectivity index (χ3n) is 2.10. The van der Waals surface area contributed by atoms with E-state index in [1.165, 1.54) is 5.57 Å². The fourth-order valence-corrected chi connectivity index (χ4v) is 1.26. The zero-order valence-electron chi connectivity index (χ0n) is 8.46. The van der Waals surface area contributed by atoms with Crippen molar-refractivity contribution in [1.29, 1.82) is 0 Å². The predicted molar refractivity (Wildman–Crippen MR) is 56.0 cm³/mol. The van der Waals surface area contributed by atoms with Crippen molar-refractivity contribution in [3.63, 3.8) is 0 Å². The predicted octanol–water partition coefficient (Wildman–Crippen LogP) is 3.21. The molecule has 1 aromatic carbocycles. The van der Waals surface area contributed by atoms with E-state index >= 15 is 0 Å². The fraction of sp³-hybridized carbons (Fsp3) is 0.333. The monoisotopic (exact) mass is 176 g/mol. The van der Waals surface area contributed by atoms with E-state index in [2.05, 4.69) is 19.9 Å². The maximum Gasteiger partial charge on any atom is 0.119 e. The first-order chi connectivity index (χ1) is 6.11. The first-order valence-corrected chi connectivity index (χ1v) is 4.52. The minimum atomic E-state index is 0.400. The Bertz CT molecular complexity index is 300. The van der Waals surface area contributed by atoms with Gasteiger partial charge in [0, 0.05) is 5.56 Å². The summed E-state index contributed by atoms with van der Waals surface area (Å²) in [6.07, 6.45) is 2.95. The lowest BCUT2D eigenvalue weighted by atomic mass is 10.0. The maximum absolute atomic E-state index is 9.57. The number of benzene rings is 1. The van der Waals surface area contributed by atoms with Crippen LogP contribution in [0.15, 0.2) is 29.8 Å². The van der Waals surface area contributed by atoms with Gasteiger partial charge in [-0.05, 0) is 38.8 Å². The molecule has 0 saturated heterocycles. The van der Waals surface area contributed by atoms with Crippen molar-refractivity contribution < 1.29 is 5.11 Å². The molecule has 1 nitrogen and oxygen atoms in total. The van der Waals surface area contributed by atoms with Crippen LogP contribution in [0.1, 0.15) is 25.0 Å². The summed E-state index contributed by atoms with van der Waals surface area (Å²) in [4.78, 5) is 0. The summed E-state index contributed by atoms with van der Waals surface area (Å²) in [5, 5.41) is 9.57. The van der Waals surface area contributed by atoms with Gasteiger partial charge in [0.25, 0.3) is 0 Å². The number of rotatable bonds is 2. The molecular formula is C12H16O. The van der Waals surface area contributed by atoms with Gasteiger partial charge >= 0.3 is 0 Å². The second-order valence-electron chi connectivity index (χ2n) is 3.56. The van der Waals surface area contributed by atoms with Gasteiger partial charge in [-0.3, -0.25) is 0 Å². The van der Waals surface area contributed by atoms with Crippen molar-refractivity contribution in [3.8, 4) is 5.75 Å². The fourth-order valence-electron chi connectivity index (χ4n) is 1.26. The third kappa shape index (κ3) is 2.62. The smallest absolute Gasteiger partial charge is 0.119 e. The van der Waals surface area contributed by atoms with Gasteiger partial charge in [0.15, 0.2) is 0 Å². The van der Waals surface area contributed by atoms with Crippen LogP contribution in [0.25, 0.3) is 0 Å². The second kappa shape index (κ2) is 4.13. The van der Waals surface area contributed by atoms with Gasteiger partial charge in [-0.2, -0.15) is 0 Å². The number of hydrogen-bond acceptors (Lipinski definition) is 1. The highest BCUT2D eigenvalue weighted by Crippen LogP contribution is 2.21. The molecule has 0 bridgehead atoms. The molecule has 0 unspecified atom stereocenters. The molecule has 70 valence electrons. The number of aryl methyl sites for hydroxylation is 1. The Morgan fingerprint density at radius 3 is 2.62 bits per heavy atom. The van der Waals surface area contributed by atoms with Crippen molar-refractivity contribution in [1.82, 2.24) is 0 Å². The number of aromatic hydroxyl groups is 1. The standard InChI is InChI=1S/C12H16O/c1-9(2)7-8-11-10(3)5-4-6-12(11)13/h4-7,13H,8H2,1-3H3. The molecule has 1 heteroatoms. The molecule has 0 saturated carbocycles. The van der Waals surface area contributed by atoms with Crippen molar-refractivity contribution >= 4 is 0 Å². The number of phenolic OH excluding ortho intramolecular Hbond substituents is 1. The average molecular weight is 176 g/mol. The molecule has 0 heterocycles. The first kappa shape index (κ1) is 9.85. The summed E-state index contributed by atoms with van der Waals surface area (Å²) in [5.74, 6) is 0.400. The van der Waals surface area contributed by atoms with Gasteiger partial charge in [0.05, 0.1) is 0 Å². The highest BCUT2D eigenvalue weighted by Gasteiger charge is 2.01. The number of allylic oxidation sites excluding steroid dienone is 2. The lowest BCUT2D eigenvalue weighted by molar-refractivity contribution is 0.469. The molecule has 0 aliphatic heterocycles. The molecule has 0 aliphatic rings. The summed E-state index contributed by atoms with van der Waals surface area (Å²) in [5.41, 5.74) is 3.46. The second-order valence-corrected chi connectivity index (χ2v) is 3.56. The van der Waals surface area contributed by atoms with E-state index in [9.17, 15) is 5.11 Å². The van der Waals surface area contributed by atoms with E-state index in [0.717, 1.165) is 17.5 Å². The molecule has 13 heavy (non-hydrogen) atoms. The summed E-state index contributed by atoms with van der Waals surface area (Å²) in [7, 11) is 0. The quantitative estimate of drug-likeness (QED) is 0.686. The Labute approximate surface area is 79.7 Å². The van der Waals surface area contributed by atoms with Gasteiger partial charge < -0.3 is 5.11 Å². The highest BCUT2D eigenvalue weighted by atomic mass is 16.3. The highest BCUT2D eigenvalue weighted by molar-refractivity contribution is 5.39. The summed E-state index contributed by atoms with van der Waals surface area (Å²) in [6, 6.07) is 5.63. The molecule has 0 aliphatic carbocycles. The molecule has 1 rings (SSSR count). The van der Waals surface area contributed by atoms with Gasteiger partial charge in [-0.25, -0.2) is 0 Å². The van der Waals surface area contributed by atoms with E-state index in [1.54, 1.807) is 6.07 Å². The topological polar surface area (TPSA) is 20.2 Å². The zero-order valence-corrected chi connectivity index (χ0v) is 8.46. The van der Waals surface area contributed by atoms with E-state index in [1.807, 2.05) is 19.1 Å². The Hall–Kier alpha value is -1.24. The summed E-state index contributed by atoms with van der Waals surface area (Å²) < 4.78 is 0. The zero-order chi connectivity index (χ0) is 9.84. The Morgan fingerprint density at radius 2 is 2.08 bits per heavy atom. The van der Waals surface area contributed by atoms with Gasteiger partial charge in [-0.1, -0.05) is 23.8 Å². The third-order valence-corrected chi connectivity index (χ3v) is 2.10. The van der Waals surface area contributed by atoms with E-state index in [4.69, 9.17) is 0 Å². The Morgan fingerprint density at radius 1 is 1.38 bits per heavy atom. The molecule has 0 aromatic heterocycles. The van der Waals surface area contributed by atoms with Crippen LogP contribution in [0, 0.1) is 6.92 Å². The normalized spacial score (nSPS) is 9.77. The molecule has 1 N–H and O–H groups in total. The van der Waals surface area contributed by atoms with Crippen molar-refractivity contribution in [3.05, 3.63) is 41.0 Å². The van der Waals surface area contributed by atoms with Crippen molar-refractivity contribution in [2.75, 3.05) is 0 Å². The average Bonchev–Trinajstić information content (AvgIpc) is 2.03. The van der Waals surface area contributed by atoms with Crippen LogP contribution < -0.4 is 0 Å². The lowest BCUT2D eigenvalue weighted by Gasteiger charge is -2.05. The van der Waals surface area contributed by atoms with E-state index in [-0.39, 0.29) is 0 Å². The van der Waals surface area contributed by atoms with E-state index < -0.39 is 0 Å². The van der Waals surface area contributed by atoms with Crippen LogP contribution in [0.4, 0.5) is 0 Å². The molecule has 0 radical (unpaired) electrons. The summed E-state index contributed by atoms with van der Waals surface area (Å²) in [6.45, 7) is 6.15. The summed E-state index contributed by atoms with van der Waals surface area (Å²) >= 11 is 0. The van der Waals surface area contributed by atoms with Crippen LogP contribution in [0.3, 0.4) is 0 Å². The van der Waals surface area contributed by atoms with Crippen LogP contribution in [-0.2, 0) is 6.42 Å². The van der Waals surface area contributed by atoms with Crippen molar-refractivity contribution in [2.24, 2.45) is 0 Å². The molecule has 0 fully saturated rings.